The van der Waals surface area contributed by atoms with Gasteiger partial charge >= 0.3 is 0 Å². The summed E-state index contributed by atoms with van der Waals surface area (Å²) in [7, 11) is 4.60. The van der Waals surface area contributed by atoms with Crippen molar-refractivity contribution in [2.24, 2.45) is 0 Å². The maximum Gasteiger partial charge on any atom is 0.112 e. The van der Waals surface area contributed by atoms with Gasteiger partial charge in [0.25, 0.3) is 0 Å². The van der Waals surface area contributed by atoms with Crippen molar-refractivity contribution in [2.75, 3.05) is 0 Å². The van der Waals surface area contributed by atoms with E-state index in [2.05, 4.69) is 25.9 Å². The van der Waals surface area contributed by atoms with Gasteiger partial charge in [0, 0.05) is 18.9 Å². The highest BCUT2D eigenvalue weighted by Gasteiger charge is 2.20. The molecule has 4 atom stereocenters. The smallest absolute Gasteiger partial charge is 0.112 e. The van der Waals surface area contributed by atoms with E-state index >= 15 is 0 Å². The molecule has 0 radical (unpaired) electrons. The molecule has 2 nitrogen and oxygen atoms in total. The van der Waals surface area contributed by atoms with Gasteiger partial charge in [0.15, 0.2) is 0 Å². The lowest BCUT2D eigenvalue weighted by atomic mass is 10.0. The van der Waals surface area contributed by atoms with Crippen LogP contribution in [0.1, 0.15) is 25.0 Å². The Hall–Kier alpha value is 0. The van der Waals surface area contributed by atoms with Crippen LogP contribution in [0, 0.1) is 0 Å². The van der Waals surface area contributed by atoms with Gasteiger partial charge in [-0.1, -0.05) is 37.3 Å². The van der Waals surface area contributed by atoms with Gasteiger partial charge in [-0.3, -0.25) is 0 Å². The maximum absolute atomic E-state index is 5.36. The zero-order valence-corrected chi connectivity index (χ0v) is 10.5. The molecular formula is C10H16O2P2. The highest BCUT2D eigenvalue weighted by Crippen LogP contribution is 2.28. The quantitative estimate of drug-likeness (QED) is 0.723. The first-order valence-electron chi connectivity index (χ1n) is 4.59. The van der Waals surface area contributed by atoms with Gasteiger partial charge in [-0.25, -0.2) is 0 Å². The van der Waals surface area contributed by atoms with Gasteiger partial charge in [-0.2, -0.15) is 0 Å². The summed E-state index contributed by atoms with van der Waals surface area (Å²) >= 11 is 0. The summed E-state index contributed by atoms with van der Waals surface area (Å²) in [6.45, 7) is 2.08. The third-order valence-corrected chi connectivity index (χ3v) is 2.83. The van der Waals surface area contributed by atoms with E-state index in [0.29, 0.717) is 0 Å². The molecule has 4 heteroatoms. The molecule has 0 saturated heterocycles. The summed E-state index contributed by atoms with van der Waals surface area (Å²) in [5, 5.41) is 0. The van der Waals surface area contributed by atoms with Crippen molar-refractivity contribution in [2.45, 2.75) is 25.6 Å². The van der Waals surface area contributed by atoms with Crippen molar-refractivity contribution in [1.82, 2.24) is 0 Å². The van der Waals surface area contributed by atoms with E-state index in [4.69, 9.17) is 9.05 Å². The van der Waals surface area contributed by atoms with Crippen molar-refractivity contribution in [3.05, 3.63) is 35.9 Å². The second-order valence-electron chi connectivity index (χ2n) is 3.05. The topological polar surface area (TPSA) is 18.5 Å². The fraction of sp³-hybridized carbons (Fsp3) is 0.400. The van der Waals surface area contributed by atoms with E-state index in [1.54, 1.807) is 0 Å². The highest BCUT2D eigenvalue weighted by atomic mass is 31.0. The molecule has 0 heterocycles. The van der Waals surface area contributed by atoms with Crippen molar-refractivity contribution in [3.63, 3.8) is 0 Å². The summed E-state index contributed by atoms with van der Waals surface area (Å²) in [5.41, 5.74) is 1.14. The number of benzene rings is 1. The number of rotatable bonds is 5. The molecule has 4 unspecified atom stereocenters. The number of hydrogen-bond acceptors (Lipinski definition) is 2. The lowest BCUT2D eigenvalue weighted by molar-refractivity contribution is 0.0793. The molecule has 0 aliphatic heterocycles. The molecule has 1 aromatic carbocycles. The van der Waals surface area contributed by atoms with Crippen LogP contribution >= 0.6 is 18.9 Å². The maximum atomic E-state index is 5.36. The van der Waals surface area contributed by atoms with Crippen LogP contribution in [0.25, 0.3) is 0 Å². The first kappa shape index (κ1) is 12.1. The Morgan fingerprint density at radius 1 is 1.14 bits per heavy atom. The summed E-state index contributed by atoms with van der Waals surface area (Å²) in [5.74, 6) is 0. The standard InChI is InChI=1S/C10H16O2P2/c1-2-9(11-13)10(12-14)8-6-4-3-5-7-8/h3-7,9-10H,2,13-14H2,1H3. The lowest BCUT2D eigenvalue weighted by Gasteiger charge is -2.23. The monoisotopic (exact) mass is 230 g/mol. The first-order valence-corrected chi connectivity index (χ1v) is 5.53. The Morgan fingerprint density at radius 2 is 1.79 bits per heavy atom. The molecule has 0 aliphatic carbocycles. The van der Waals surface area contributed by atoms with Crippen LogP contribution < -0.4 is 0 Å². The van der Waals surface area contributed by atoms with Gasteiger partial charge in [0.05, 0.1) is 6.10 Å². The molecule has 1 rings (SSSR count). The van der Waals surface area contributed by atoms with Crippen LogP contribution in [0.15, 0.2) is 30.3 Å². The van der Waals surface area contributed by atoms with E-state index in [1.165, 1.54) is 0 Å². The Labute approximate surface area is 90.0 Å². The van der Waals surface area contributed by atoms with Crippen LogP contribution in [0.4, 0.5) is 0 Å². The Morgan fingerprint density at radius 3 is 2.21 bits per heavy atom. The van der Waals surface area contributed by atoms with E-state index in [-0.39, 0.29) is 12.2 Å². The molecule has 1 aromatic rings. The molecule has 0 amide bonds. The molecule has 0 bridgehead atoms. The van der Waals surface area contributed by atoms with E-state index in [1.807, 2.05) is 30.3 Å². The van der Waals surface area contributed by atoms with Crippen LogP contribution in [0.3, 0.4) is 0 Å². The minimum absolute atomic E-state index is 0.0244. The SMILES string of the molecule is CCC(OP)C(OP)c1ccccc1. The Kier molecular flexibility index (Phi) is 5.59. The third-order valence-electron chi connectivity index (χ3n) is 2.19. The molecule has 0 aliphatic rings. The summed E-state index contributed by atoms with van der Waals surface area (Å²) in [6, 6.07) is 10.1. The number of hydrogen-bond donors (Lipinski definition) is 0. The molecule has 78 valence electrons. The lowest BCUT2D eigenvalue weighted by Crippen LogP contribution is -2.18. The van der Waals surface area contributed by atoms with Crippen molar-refractivity contribution in [1.29, 1.82) is 0 Å². The molecule has 0 spiro atoms. The van der Waals surface area contributed by atoms with E-state index < -0.39 is 0 Å². The highest BCUT2D eigenvalue weighted by molar-refractivity contribution is 7.10. The van der Waals surface area contributed by atoms with Gasteiger partial charge < -0.3 is 9.05 Å². The minimum atomic E-state index is -0.0244. The molecule has 0 saturated carbocycles. The van der Waals surface area contributed by atoms with Gasteiger partial charge in [-0.15, -0.1) is 0 Å². The molecular weight excluding hydrogens is 214 g/mol. The summed E-state index contributed by atoms with van der Waals surface area (Å²) < 4.78 is 10.6. The summed E-state index contributed by atoms with van der Waals surface area (Å²) in [4.78, 5) is 0. The fourth-order valence-corrected chi connectivity index (χ4v) is 2.07. The van der Waals surface area contributed by atoms with Crippen molar-refractivity contribution >= 4 is 18.9 Å². The Bertz CT molecular complexity index is 250. The van der Waals surface area contributed by atoms with Crippen LogP contribution in [-0.4, -0.2) is 6.10 Å². The molecule has 14 heavy (non-hydrogen) atoms. The molecule has 0 N–H and O–H groups in total. The van der Waals surface area contributed by atoms with E-state index in [0.717, 1.165) is 12.0 Å². The first-order chi connectivity index (χ1) is 6.83. The fourth-order valence-electron chi connectivity index (χ4n) is 1.41. The van der Waals surface area contributed by atoms with Crippen LogP contribution in [0.5, 0.6) is 0 Å². The largest absolute Gasteiger partial charge is 0.359 e. The normalized spacial score (nSPS) is 15.1. The predicted octanol–water partition coefficient (Wildman–Crippen LogP) is 3.12. The van der Waals surface area contributed by atoms with E-state index in [9.17, 15) is 0 Å². The predicted molar refractivity (Wildman–Crippen MR) is 64.9 cm³/mol. The molecule has 0 aromatic heterocycles. The summed E-state index contributed by atoms with van der Waals surface area (Å²) in [6.07, 6.45) is 0.959. The van der Waals surface area contributed by atoms with Gasteiger partial charge in [0.1, 0.15) is 6.10 Å². The zero-order chi connectivity index (χ0) is 10.4. The molecule has 0 fully saturated rings. The van der Waals surface area contributed by atoms with Gasteiger partial charge in [0.2, 0.25) is 0 Å². The average molecular weight is 230 g/mol. The Balaban J connectivity index is 2.81. The van der Waals surface area contributed by atoms with Crippen molar-refractivity contribution < 1.29 is 9.05 Å². The van der Waals surface area contributed by atoms with Gasteiger partial charge in [-0.05, 0) is 12.0 Å². The second kappa shape index (κ2) is 6.48. The second-order valence-corrected chi connectivity index (χ2v) is 3.59. The van der Waals surface area contributed by atoms with Crippen molar-refractivity contribution in [3.8, 4) is 0 Å². The third kappa shape index (κ3) is 3.00. The van der Waals surface area contributed by atoms with Crippen LogP contribution in [-0.2, 0) is 9.05 Å². The van der Waals surface area contributed by atoms with Crippen LogP contribution in [0.2, 0.25) is 0 Å². The minimum Gasteiger partial charge on any atom is -0.359 e. The zero-order valence-electron chi connectivity index (χ0n) is 8.22. The average Bonchev–Trinajstić information content (AvgIpc) is 2.27.